The number of phenolic OH excluding ortho intramolecular Hbond substituents is 1. The maximum atomic E-state index is 11.3. The van der Waals surface area contributed by atoms with Gasteiger partial charge < -0.3 is 14.9 Å². The van der Waals surface area contributed by atoms with E-state index < -0.39 is 4.92 Å². The lowest BCUT2D eigenvalue weighted by Crippen LogP contribution is -2.34. The number of benzene rings is 1. The van der Waals surface area contributed by atoms with E-state index >= 15 is 0 Å². The Bertz CT molecular complexity index is 970. The fourth-order valence-electron chi connectivity index (χ4n) is 3.89. The summed E-state index contributed by atoms with van der Waals surface area (Å²) in [4.78, 5) is 28.8. The third kappa shape index (κ3) is 5.06. The minimum absolute atomic E-state index is 0.0153. The molecule has 32 heavy (non-hydrogen) atoms. The summed E-state index contributed by atoms with van der Waals surface area (Å²) in [7, 11) is 0. The molecule has 0 radical (unpaired) electrons. The molecule has 0 amide bonds. The zero-order valence-electron chi connectivity index (χ0n) is 17.6. The number of hydrogen-bond acceptors (Lipinski definition) is 10. The van der Waals surface area contributed by atoms with E-state index in [0.717, 1.165) is 51.9 Å². The van der Waals surface area contributed by atoms with Crippen LogP contribution in [0.25, 0.3) is 0 Å². The third-order valence-corrected chi connectivity index (χ3v) is 6.23. The summed E-state index contributed by atoms with van der Waals surface area (Å²) in [5, 5.41) is 25.6. The molecule has 4 rings (SSSR count). The summed E-state index contributed by atoms with van der Waals surface area (Å²) in [6.45, 7) is 3.57. The Morgan fingerprint density at radius 3 is 2.09 bits per heavy atom. The molecule has 1 aromatic carbocycles. The molecule has 11 nitrogen and oxygen atoms in total. The number of nitrogens with zero attached hydrogens (tertiary/aromatic N) is 7. The highest BCUT2D eigenvalue weighted by Crippen LogP contribution is 2.33. The first-order valence-corrected chi connectivity index (χ1v) is 11.5. The summed E-state index contributed by atoms with van der Waals surface area (Å²) in [5.41, 5.74) is 2.50. The molecule has 0 atom stereocenters. The van der Waals surface area contributed by atoms with Crippen LogP contribution >= 0.6 is 15.9 Å². The van der Waals surface area contributed by atoms with Crippen molar-refractivity contribution in [1.82, 2.24) is 15.0 Å². The average Bonchev–Trinajstić information content (AvgIpc) is 2.82. The first-order chi connectivity index (χ1) is 15.5. The molecule has 0 aliphatic carbocycles. The fraction of sp³-hybridized carbons (Fsp3) is 0.500. The van der Waals surface area contributed by atoms with Crippen LogP contribution in [-0.4, -0.2) is 57.4 Å². The van der Waals surface area contributed by atoms with Gasteiger partial charge in [0.1, 0.15) is 11.3 Å². The Balaban J connectivity index is 1.61. The highest BCUT2D eigenvalue weighted by molar-refractivity contribution is 9.10. The van der Waals surface area contributed by atoms with Gasteiger partial charge in [-0.1, -0.05) is 0 Å². The first kappa shape index (κ1) is 22.2. The lowest BCUT2D eigenvalue weighted by molar-refractivity contribution is -0.385. The molecule has 2 N–H and O–H groups in total. The smallest absolute Gasteiger partial charge is 0.282 e. The topological polar surface area (TPSA) is 133 Å². The molecular weight excluding hydrogens is 480 g/mol. The summed E-state index contributed by atoms with van der Waals surface area (Å²) in [5.74, 6) is 1.21. The predicted molar refractivity (Wildman–Crippen MR) is 126 cm³/mol. The number of nitro benzene ring substituents is 1. The Morgan fingerprint density at radius 2 is 1.56 bits per heavy atom. The van der Waals surface area contributed by atoms with E-state index in [4.69, 9.17) is 4.98 Å². The van der Waals surface area contributed by atoms with Crippen molar-refractivity contribution in [2.75, 3.05) is 41.4 Å². The van der Waals surface area contributed by atoms with E-state index in [0.29, 0.717) is 16.4 Å². The largest absolute Gasteiger partial charge is 0.506 e. The van der Waals surface area contributed by atoms with Gasteiger partial charge in [-0.25, -0.2) is 5.43 Å². The molecule has 0 bridgehead atoms. The van der Waals surface area contributed by atoms with E-state index in [2.05, 4.69) is 46.2 Å². The number of hydrazone groups is 1. The molecule has 0 spiro atoms. The molecule has 2 aromatic rings. The van der Waals surface area contributed by atoms with E-state index in [1.54, 1.807) is 0 Å². The van der Waals surface area contributed by atoms with E-state index in [9.17, 15) is 15.2 Å². The van der Waals surface area contributed by atoms with Crippen molar-refractivity contribution in [2.45, 2.75) is 38.5 Å². The second kappa shape index (κ2) is 10.1. The number of halogens is 1. The number of anilines is 3. The summed E-state index contributed by atoms with van der Waals surface area (Å²) < 4.78 is 0.337. The van der Waals surface area contributed by atoms with Crippen LogP contribution in [0.2, 0.25) is 0 Å². The Morgan fingerprint density at radius 1 is 1.00 bits per heavy atom. The number of aromatic hydroxyl groups is 1. The highest BCUT2D eigenvalue weighted by Gasteiger charge is 2.21. The van der Waals surface area contributed by atoms with Crippen LogP contribution in [0, 0.1) is 10.1 Å². The lowest BCUT2D eigenvalue weighted by atomic mass is 10.1. The normalized spacial score (nSPS) is 17.0. The number of rotatable bonds is 6. The second-order valence-corrected chi connectivity index (χ2v) is 8.66. The van der Waals surface area contributed by atoms with Gasteiger partial charge in [0.2, 0.25) is 17.8 Å². The van der Waals surface area contributed by atoms with Crippen LogP contribution in [0.1, 0.15) is 44.1 Å². The number of nitro groups is 1. The van der Waals surface area contributed by atoms with Crippen molar-refractivity contribution in [1.29, 1.82) is 0 Å². The van der Waals surface area contributed by atoms with Crippen LogP contribution in [0.5, 0.6) is 5.75 Å². The Labute approximate surface area is 193 Å². The van der Waals surface area contributed by atoms with Gasteiger partial charge in [0.15, 0.2) is 0 Å². The minimum Gasteiger partial charge on any atom is -0.506 e. The molecule has 170 valence electrons. The molecular formula is C20H25BrN8O3. The lowest BCUT2D eigenvalue weighted by Gasteiger charge is -2.30. The molecule has 1 aromatic heterocycles. The zero-order valence-corrected chi connectivity index (χ0v) is 19.2. The number of piperidine rings is 2. The van der Waals surface area contributed by atoms with Crippen LogP contribution in [0.3, 0.4) is 0 Å². The van der Waals surface area contributed by atoms with Gasteiger partial charge in [-0.3, -0.25) is 10.1 Å². The van der Waals surface area contributed by atoms with Crippen LogP contribution in [0.15, 0.2) is 21.7 Å². The number of hydrogen-bond donors (Lipinski definition) is 2. The molecule has 0 saturated carbocycles. The molecule has 2 aliphatic rings. The van der Waals surface area contributed by atoms with Crippen LogP contribution < -0.4 is 15.2 Å². The van der Waals surface area contributed by atoms with Gasteiger partial charge in [-0.2, -0.15) is 20.1 Å². The first-order valence-electron chi connectivity index (χ1n) is 10.7. The van der Waals surface area contributed by atoms with Gasteiger partial charge in [0, 0.05) is 32.2 Å². The highest BCUT2D eigenvalue weighted by atomic mass is 79.9. The molecule has 2 fully saturated rings. The molecule has 0 unspecified atom stereocenters. The Kier molecular flexibility index (Phi) is 6.98. The van der Waals surface area contributed by atoms with Gasteiger partial charge in [0.05, 0.1) is 15.6 Å². The minimum atomic E-state index is -0.570. The molecule has 12 heteroatoms. The fourth-order valence-corrected chi connectivity index (χ4v) is 4.23. The maximum Gasteiger partial charge on any atom is 0.282 e. The van der Waals surface area contributed by atoms with Crippen molar-refractivity contribution < 1.29 is 10.0 Å². The summed E-state index contributed by atoms with van der Waals surface area (Å²) >= 11 is 3.17. The van der Waals surface area contributed by atoms with Crippen molar-refractivity contribution in [3.8, 4) is 5.75 Å². The molecule has 2 saturated heterocycles. The van der Waals surface area contributed by atoms with Gasteiger partial charge in [0.25, 0.3) is 5.69 Å². The Hall–Kier alpha value is -3.02. The SMILES string of the molecule is O=[N+]([O-])c1ccc(Br)c(O)c1/C=N\Nc1nc(N2CCCCC2)nc(N2CCCCC2)n1. The third-order valence-electron chi connectivity index (χ3n) is 5.59. The van der Waals surface area contributed by atoms with Crippen LogP contribution in [0.4, 0.5) is 23.5 Å². The summed E-state index contributed by atoms with van der Waals surface area (Å²) in [6, 6.07) is 2.72. The van der Waals surface area contributed by atoms with E-state index in [-0.39, 0.29) is 22.9 Å². The van der Waals surface area contributed by atoms with Gasteiger partial charge in [-0.05, 0) is 60.5 Å². The van der Waals surface area contributed by atoms with Gasteiger partial charge in [-0.15, -0.1) is 0 Å². The van der Waals surface area contributed by atoms with Crippen molar-refractivity contribution in [3.63, 3.8) is 0 Å². The number of nitrogens with one attached hydrogen (secondary N) is 1. The van der Waals surface area contributed by atoms with E-state index in [1.165, 1.54) is 31.2 Å². The maximum absolute atomic E-state index is 11.3. The molecule has 2 aliphatic heterocycles. The average molecular weight is 505 g/mol. The monoisotopic (exact) mass is 504 g/mol. The zero-order chi connectivity index (χ0) is 22.5. The van der Waals surface area contributed by atoms with Gasteiger partial charge >= 0.3 is 0 Å². The number of phenols is 1. The summed E-state index contributed by atoms with van der Waals surface area (Å²) in [6.07, 6.45) is 7.97. The van der Waals surface area contributed by atoms with Crippen molar-refractivity contribution in [2.24, 2.45) is 5.10 Å². The van der Waals surface area contributed by atoms with E-state index in [1.807, 2.05) is 0 Å². The second-order valence-electron chi connectivity index (χ2n) is 7.81. The molecule has 3 heterocycles. The quantitative estimate of drug-likeness (QED) is 0.343. The standard InChI is InChI=1S/C20H25BrN8O3/c21-15-7-8-16(29(31)32)14(17(15)30)13-22-26-18-23-19(27-9-3-1-4-10-27)25-20(24-18)28-11-5-2-6-12-28/h7-8,13,30H,1-6,9-12H2,(H,23,24,25,26)/b22-13-. The van der Waals surface area contributed by atoms with Crippen molar-refractivity contribution >= 4 is 45.7 Å². The van der Waals surface area contributed by atoms with Crippen LogP contribution in [-0.2, 0) is 0 Å². The predicted octanol–water partition coefficient (Wildman–Crippen LogP) is 3.67. The van der Waals surface area contributed by atoms with Crippen molar-refractivity contribution in [3.05, 3.63) is 32.3 Å². The number of aromatic nitrogens is 3.